The second-order valence-corrected chi connectivity index (χ2v) is 3.80. The zero-order valence-electron chi connectivity index (χ0n) is 8.05. The molecule has 1 fully saturated rings. The third-order valence-electron chi connectivity index (χ3n) is 2.92. The molecule has 0 aromatic carbocycles. The van der Waals surface area contributed by atoms with Gasteiger partial charge in [0.05, 0.1) is 5.41 Å². The van der Waals surface area contributed by atoms with Gasteiger partial charge in [-0.25, -0.2) is 0 Å². The zero-order chi connectivity index (χ0) is 9.90. The van der Waals surface area contributed by atoms with E-state index in [1.165, 1.54) is 0 Å². The summed E-state index contributed by atoms with van der Waals surface area (Å²) in [5.74, 6) is 0.117. The summed E-state index contributed by atoms with van der Waals surface area (Å²) < 4.78 is 0. The lowest BCUT2D eigenvalue weighted by molar-refractivity contribution is -0.131. The van der Waals surface area contributed by atoms with Crippen molar-refractivity contribution in [2.75, 3.05) is 13.1 Å². The van der Waals surface area contributed by atoms with Gasteiger partial charge in [-0.1, -0.05) is 13.8 Å². The van der Waals surface area contributed by atoms with Gasteiger partial charge in [-0.15, -0.1) is 0 Å². The first-order valence-electron chi connectivity index (χ1n) is 4.54. The van der Waals surface area contributed by atoms with Crippen LogP contribution in [-0.2, 0) is 4.79 Å². The van der Waals surface area contributed by atoms with Crippen LogP contribution >= 0.6 is 0 Å². The number of amides is 1. The van der Waals surface area contributed by atoms with Gasteiger partial charge in [0.15, 0.2) is 6.19 Å². The third-order valence-corrected chi connectivity index (χ3v) is 2.92. The van der Waals surface area contributed by atoms with E-state index in [-0.39, 0.29) is 17.2 Å². The molecule has 0 saturated carbocycles. The number of rotatable bonds is 2. The van der Waals surface area contributed by atoms with Gasteiger partial charge >= 0.3 is 0 Å². The van der Waals surface area contributed by atoms with E-state index in [4.69, 9.17) is 5.26 Å². The standard InChI is InChI=1S/C9H15N3O/c1-7(2)9(3-4-11-5-9)8(13)12-6-10/h7,11H,3-5H2,1-2H3,(H,12,13). The molecule has 0 radical (unpaired) electrons. The van der Waals surface area contributed by atoms with E-state index in [1.54, 1.807) is 6.19 Å². The average Bonchev–Trinajstić information content (AvgIpc) is 2.53. The van der Waals surface area contributed by atoms with Crippen LogP contribution in [-0.4, -0.2) is 19.0 Å². The van der Waals surface area contributed by atoms with Gasteiger partial charge in [-0.3, -0.25) is 10.1 Å². The van der Waals surface area contributed by atoms with Crippen LogP contribution in [0.25, 0.3) is 0 Å². The first-order chi connectivity index (χ1) is 6.13. The molecule has 0 spiro atoms. The van der Waals surface area contributed by atoms with E-state index in [0.717, 1.165) is 13.0 Å². The number of nitriles is 1. The molecule has 13 heavy (non-hydrogen) atoms. The molecule has 2 N–H and O–H groups in total. The van der Waals surface area contributed by atoms with Crippen LogP contribution in [0.5, 0.6) is 0 Å². The van der Waals surface area contributed by atoms with Crippen LogP contribution in [0.15, 0.2) is 0 Å². The summed E-state index contributed by atoms with van der Waals surface area (Å²) in [4.78, 5) is 11.6. The second-order valence-electron chi connectivity index (χ2n) is 3.80. The SMILES string of the molecule is CC(C)C1(C(=O)NC#N)CCNC1. The topological polar surface area (TPSA) is 64.9 Å². The molecule has 0 aliphatic carbocycles. The Morgan fingerprint density at radius 3 is 2.77 bits per heavy atom. The highest BCUT2D eigenvalue weighted by Crippen LogP contribution is 2.34. The average molecular weight is 181 g/mol. The third kappa shape index (κ3) is 1.65. The molecule has 0 aromatic rings. The molecule has 1 atom stereocenters. The van der Waals surface area contributed by atoms with Crippen LogP contribution in [0.4, 0.5) is 0 Å². The monoisotopic (exact) mass is 181 g/mol. The zero-order valence-corrected chi connectivity index (χ0v) is 8.05. The smallest absolute Gasteiger partial charge is 0.240 e. The Kier molecular flexibility index (Phi) is 2.89. The molecule has 72 valence electrons. The minimum Gasteiger partial charge on any atom is -0.316 e. The maximum absolute atomic E-state index is 11.6. The Labute approximate surface area is 78.3 Å². The van der Waals surface area contributed by atoms with Gasteiger partial charge in [-0.05, 0) is 18.9 Å². The van der Waals surface area contributed by atoms with E-state index < -0.39 is 0 Å². The van der Waals surface area contributed by atoms with Gasteiger partial charge in [-0.2, -0.15) is 5.26 Å². The largest absolute Gasteiger partial charge is 0.316 e. The molecule has 1 unspecified atom stereocenters. The molecule has 4 heteroatoms. The van der Waals surface area contributed by atoms with Gasteiger partial charge in [0.2, 0.25) is 5.91 Å². The number of hydrogen-bond donors (Lipinski definition) is 2. The number of carbonyl (C=O) groups excluding carboxylic acids is 1. The highest BCUT2D eigenvalue weighted by Gasteiger charge is 2.43. The van der Waals surface area contributed by atoms with E-state index in [9.17, 15) is 4.79 Å². The Balaban J connectivity index is 2.79. The summed E-state index contributed by atoms with van der Waals surface area (Å²) in [5.41, 5.74) is -0.379. The first kappa shape index (κ1) is 10.0. The minimum absolute atomic E-state index is 0.144. The van der Waals surface area contributed by atoms with Gasteiger partial charge in [0.1, 0.15) is 0 Å². The fraction of sp³-hybridized carbons (Fsp3) is 0.778. The molecule has 1 amide bonds. The van der Waals surface area contributed by atoms with Crippen LogP contribution in [0, 0.1) is 22.8 Å². The molecular weight excluding hydrogens is 166 g/mol. The molecule has 4 nitrogen and oxygen atoms in total. The van der Waals surface area contributed by atoms with Gasteiger partial charge < -0.3 is 5.32 Å². The van der Waals surface area contributed by atoms with Crippen molar-refractivity contribution >= 4 is 5.91 Å². The van der Waals surface area contributed by atoms with Crippen molar-refractivity contribution in [2.24, 2.45) is 11.3 Å². The molecule has 1 saturated heterocycles. The lowest BCUT2D eigenvalue weighted by atomic mass is 9.75. The Morgan fingerprint density at radius 1 is 1.69 bits per heavy atom. The maximum Gasteiger partial charge on any atom is 0.240 e. The molecule has 1 rings (SSSR count). The number of carbonyl (C=O) groups is 1. The predicted molar refractivity (Wildman–Crippen MR) is 48.5 cm³/mol. The van der Waals surface area contributed by atoms with Crippen molar-refractivity contribution in [2.45, 2.75) is 20.3 Å². The van der Waals surface area contributed by atoms with Crippen molar-refractivity contribution in [1.29, 1.82) is 5.26 Å². The molecule has 0 aromatic heterocycles. The summed E-state index contributed by atoms with van der Waals surface area (Å²) in [6.45, 7) is 5.57. The van der Waals surface area contributed by atoms with Crippen molar-refractivity contribution < 1.29 is 4.79 Å². The molecular formula is C9H15N3O. The van der Waals surface area contributed by atoms with Gasteiger partial charge in [0.25, 0.3) is 0 Å². The van der Waals surface area contributed by atoms with Crippen LogP contribution < -0.4 is 10.6 Å². The summed E-state index contributed by atoms with van der Waals surface area (Å²) in [7, 11) is 0. The fourth-order valence-electron chi connectivity index (χ4n) is 1.84. The second kappa shape index (κ2) is 3.75. The first-order valence-corrected chi connectivity index (χ1v) is 4.54. The van der Waals surface area contributed by atoms with Crippen molar-refractivity contribution in [3.63, 3.8) is 0 Å². The van der Waals surface area contributed by atoms with Crippen molar-refractivity contribution in [3.8, 4) is 6.19 Å². The number of nitrogens with zero attached hydrogens (tertiary/aromatic N) is 1. The Bertz CT molecular complexity index is 236. The summed E-state index contributed by atoms with van der Waals surface area (Å²) in [5, 5.41) is 13.8. The lowest BCUT2D eigenvalue weighted by Crippen LogP contribution is -2.44. The van der Waals surface area contributed by atoms with E-state index in [1.807, 2.05) is 13.8 Å². The summed E-state index contributed by atoms with van der Waals surface area (Å²) in [6, 6.07) is 0. The highest BCUT2D eigenvalue weighted by atomic mass is 16.2. The molecule has 1 aliphatic rings. The predicted octanol–water partition coefficient (Wildman–Crippen LogP) is 0.219. The maximum atomic E-state index is 11.6. The number of nitrogens with one attached hydrogen (secondary N) is 2. The van der Waals surface area contributed by atoms with Crippen LogP contribution in [0.2, 0.25) is 0 Å². The van der Waals surface area contributed by atoms with Gasteiger partial charge in [0, 0.05) is 6.54 Å². The van der Waals surface area contributed by atoms with E-state index >= 15 is 0 Å². The fourth-order valence-corrected chi connectivity index (χ4v) is 1.84. The minimum atomic E-state index is -0.379. The van der Waals surface area contributed by atoms with E-state index in [0.29, 0.717) is 6.54 Å². The van der Waals surface area contributed by atoms with Crippen LogP contribution in [0.3, 0.4) is 0 Å². The lowest BCUT2D eigenvalue weighted by Gasteiger charge is -2.29. The summed E-state index contributed by atoms with van der Waals surface area (Å²) >= 11 is 0. The normalized spacial score (nSPS) is 27.2. The van der Waals surface area contributed by atoms with Crippen molar-refractivity contribution in [3.05, 3.63) is 0 Å². The summed E-state index contributed by atoms with van der Waals surface area (Å²) in [6.07, 6.45) is 2.51. The molecule has 0 bridgehead atoms. The number of hydrogen-bond acceptors (Lipinski definition) is 3. The van der Waals surface area contributed by atoms with Crippen LogP contribution in [0.1, 0.15) is 20.3 Å². The Hall–Kier alpha value is -1.08. The quantitative estimate of drug-likeness (QED) is 0.473. The highest BCUT2D eigenvalue weighted by molar-refractivity contribution is 5.84. The van der Waals surface area contributed by atoms with Crippen molar-refractivity contribution in [1.82, 2.24) is 10.6 Å². The van der Waals surface area contributed by atoms with E-state index in [2.05, 4.69) is 10.6 Å². The molecule has 1 heterocycles. The Morgan fingerprint density at radius 2 is 2.38 bits per heavy atom. The molecule has 1 aliphatic heterocycles.